The van der Waals surface area contributed by atoms with Crippen LogP contribution in [-0.2, 0) is 22.2 Å². The molecule has 1 heterocycles. The highest BCUT2D eigenvalue weighted by Crippen LogP contribution is 2.43. The third-order valence-electron chi connectivity index (χ3n) is 8.28. The Labute approximate surface area is 273 Å². The van der Waals surface area contributed by atoms with Crippen molar-refractivity contribution in [2.75, 3.05) is 13.2 Å². The fourth-order valence-electron chi connectivity index (χ4n) is 5.01. The molecule has 4 rings (SSSR count). The maximum absolute atomic E-state index is 13.9. The van der Waals surface area contributed by atoms with Crippen LogP contribution in [0.15, 0.2) is 40.9 Å². The summed E-state index contributed by atoms with van der Waals surface area (Å²) in [5.41, 5.74) is 4.29. The van der Waals surface area contributed by atoms with Crippen molar-refractivity contribution in [3.63, 3.8) is 0 Å². The van der Waals surface area contributed by atoms with E-state index in [1.165, 1.54) is 0 Å². The van der Waals surface area contributed by atoms with E-state index in [2.05, 4.69) is 55.5 Å². The molecule has 1 aliphatic rings. The molecule has 0 saturated carbocycles. The standard InChI is InChI=1S/C33H46N4O4SSi.ClH/c1-22(2)40-29-17-14-23(20-24(29)21-34)31-35-30(36-41-31)27-13-11-12-26-25(27)15-16-28(26)37(42(38)32(3,4)5)18-19-39-43(9,10)33(6,7)8;/h11-14,17,20,22,28H,15-16,18-19H2,1-10H3;1H/t28-,42?;/m0./s1. The van der Waals surface area contributed by atoms with Crippen molar-refractivity contribution in [3.8, 4) is 34.7 Å². The Bertz CT molecular complexity index is 1480. The van der Waals surface area contributed by atoms with Gasteiger partial charge in [0, 0.05) is 22.5 Å². The number of hydrogen-bond acceptors (Lipinski definition) is 8. The highest BCUT2D eigenvalue weighted by Gasteiger charge is 2.43. The van der Waals surface area contributed by atoms with E-state index < -0.39 is 24.4 Å². The second-order valence-corrected chi connectivity index (χ2v) is 21.0. The molecule has 2 atom stereocenters. The summed E-state index contributed by atoms with van der Waals surface area (Å²) in [4.78, 5) is 4.72. The van der Waals surface area contributed by atoms with Gasteiger partial charge in [0.1, 0.15) is 16.6 Å². The van der Waals surface area contributed by atoms with Gasteiger partial charge in [-0.15, -0.1) is 16.7 Å². The Kier molecular flexibility index (Phi) is 11.4. The van der Waals surface area contributed by atoms with Crippen LogP contribution in [0.1, 0.15) is 84.5 Å². The van der Waals surface area contributed by atoms with Gasteiger partial charge < -0.3 is 18.2 Å². The average Bonchev–Trinajstić information content (AvgIpc) is 3.57. The Morgan fingerprint density at radius 3 is 2.48 bits per heavy atom. The lowest BCUT2D eigenvalue weighted by Gasteiger charge is -2.39. The summed E-state index contributed by atoms with van der Waals surface area (Å²) in [7, 11) is -1.94. The van der Waals surface area contributed by atoms with E-state index >= 15 is 0 Å². The maximum Gasteiger partial charge on any atom is 0.258 e. The number of rotatable bonds is 10. The van der Waals surface area contributed by atoms with E-state index in [1.54, 1.807) is 12.1 Å². The summed E-state index contributed by atoms with van der Waals surface area (Å²) in [6.45, 7) is 22.3. The van der Waals surface area contributed by atoms with Crippen LogP contribution in [-0.4, -0.2) is 51.3 Å². The quantitative estimate of drug-likeness (QED) is 0.158. The van der Waals surface area contributed by atoms with E-state index in [1.807, 2.05) is 52.8 Å². The molecule has 0 aliphatic heterocycles. The van der Waals surface area contributed by atoms with Crippen LogP contribution in [0.2, 0.25) is 18.1 Å². The SMILES string of the molecule is CC(C)Oc1ccc(-c2nc(-c3cccc4c3CC[C@@H]4N(CCO[Si](C)(C)C(C)(C)C)[S+]([O-])C(C)(C)C)no2)cc1C#N.Cl. The van der Waals surface area contributed by atoms with Crippen molar-refractivity contribution >= 4 is 32.1 Å². The second-order valence-electron chi connectivity index (χ2n) is 14.0. The van der Waals surface area contributed by atoms with Crippen molar-refractivity contribution in [1.29, 1.82) is 5.26 Å². The van der Waals surface area contributed by atoms with E-state index in [0.717, 1.165) is 29.5 Å². The molecule has 0 spiro atoms. The number of ether oxygens (including phenoxy) is 1. The minimum absolute atomic E-state index is 0. The summed E-state index contributed by atoms with van der Waals surface area (Å²) in [5.74, 6) is 1.37. The molecule has 2 aromatic carbocycles. The van der Waals surface area contributed by atoms with Gasteiger partial charge in [-0.05, 0) is 94.9 Å². The van der Waals surface area contributed by atoms with Crippen LogP contribution >= 0.6 is 12.4 Å². The zero-order chi connectivity index (χ0) is 31.7. The van der Waals surface area contributed by atoms with Crippen LogP contribution in [0.3, 0.4) is 0 Å². The molecule has 1 aliphatic carbocycles. The molecule has 0 saturated heterocycles. The van der Waals surface area contributed by atoms with Crippen molar-refractivity contribution in [3.05, 3.63) is 53.1 Å². The number of hydrogen-bond donors (Lipinski definition) is 0. The monoisotopic (exact) mass is 658 g/mol. The lowest BCUT2D eigenvalue weighted by Crippen LogP contribution is -2.48. The molecule has 0 N–H and O–H groups in total. The molecule has 8 nitrogen and oxygen atoms in total. The maximum atomic E-state index is 13.9. The van der Waals surface area contributed by atoms with E-state index in [9.17, 15) is 9.81 Å². The first kappa shape index (κ1) is 36.1. The largest absolute Gasteiger partial charge is 0.597 e. The van der Waals surface area contributed by atoms with Gasteiger partial charge in [0.05, 0.1) is 30.9 Å². The Morgan fingerprint density at radius 2 is 1.86 bits per heavy atom. The summed E-state index contributed by atoms with van der Waals surface area (Å²) in [6, 6.07) is 13.7. The summed E-state index contributed by atoms with van der Waals surface area (Å²) < 4.78 is 33.6. The fraction of sp³-hybridized carbons (Fsp3) is 0.545. The Hall–Kier alpha value is -2.39. The normalized spacial score (nSPS) is 16.0. The molecule has 1 unspecified atom stereocenters. The van der Waals surface area contributed by atoms with Gasteiger partial charge in [-0.2, -0.15) is 10.2 Å². The van der Waals surface area contributed by atoms with Gasteiger partial charge in [0.25, 0.3) is 5.89 Å². The molecule has 3 aromatic rings. The van der Waals surface area contributed by atoms with Crippen molar-refractivity contribution in [2.45, 2.75) is 103 Å². The van der Waals surface area contributed by atoms with Crippen molar-refractivity contribution < 1.29 is 18.2 Å². The zero-order valence-corrected chi connectivity index (χ0v) is 30.3. The number of nitrogens with zero attached hydrogens (tertiary/aromatic N) is 4. The number of benzene rings is 2. The molecule has 240 valence electrons. The van der Waals surface area contributed by atoms with Gasteiger partial charge in [-0.1, -0.05) is 44.1 Å². The van der Waals surface area contributed by atoms with E-state index in [0.29, 0.717) is 41.7 Å². The van der Waals surface area contributed by atoms with E-state index in [-0.39, 0.29) is 29.6 Å². The lowest BCUT2D eigenvalue weighted by molar-refractivity contribution is 0.223. The predicted octanol–water partition coefficient (Wildman–Crippen LogP) is 8.26. The summed E-state index contributed by atoms with van der Waals surface area (Å²) >= 11 is -1.22. The fourth-order valence-corrected chi connectivity index (χ4v) is 7.44. The third-order valence-corrected chi connectivity index (χ3v) is 14.7. The first-order valence-electron chi connectivity index (χ1n) is 15.0. The molecule has 1 aromatic heterocycles. The van der Waals surface area contributed by atoms with Gasteiger partial charge in [0.2, 0.25) is 5.82 Å². The first-order chi connectivity index (χ1) is 20.0. The Balaban J connectivity index is 0.00000529. The van der Waals surface area contributed by atoms with Crippen molar-refractivity contribution in [1.82, 2.24) is 14.4 Å². The molecule has 44 heavy (non-hydrogen) atoms. The van der Waals surface area contributed by atoms with Crippen molar-refractivity contribution in [2.24, 2.45) is 0 Å². The summed E-state index contributed by atoms with van der Waals surface area (Å²) in [5, 5.41) is 14.1. The van der Waals surface area contributed by atoms with Crippen LogP contribution in [0.25, 0.3) is 22.8 Å². The lowest BCUT2D eigenvalue weighted by atomic mass is 10.0. The Morgan fingerprint density at radius 1 is 1.16 bits per heavy atom. The van der Waals surface area contributed by atoms with Crippen LogP contribution in [0.5, 0.6) is 5.75 Å². The van der Waals surface area contributed by atoms with Gasteiger partial charge in [0.15, 0.2) is 8.32 Å². The third kappa shape index (κ3) is 7.87. The van der Waals surface area contributed by atoms with Crippen LogP contribution in [0.4, 0.5) is 0 Å². The van der Waals surface area contributed by atoms with Gasteiger partial charge in [-0.25, -0.2) is 0 Å². The van der Waals surface area contributed by atoms with E-state index in [4.69, 9.17) is 18.7 Å². The first-order valence-corrected chi connectivity index (χ1v) is 19.0. The average molecular weight is 659 g/mol. The predicted molar refractivity (Wildman–Crippen MR) is 182 cm³/mol. The molecular weight excluding hydrogens is 612 g/mol. The number of halogens is 1. The number of nitriles is 1. The van der Waals surface area contributed by atoms with Crippen LogP contribution < -0.4 is 4.74 Å². The molecule has 0 fully saturated rings. The van der Waals surface area contributed by atoms with Crippen LogP contribution in [0, 0.1) is 11.3 Å². The smallest absolute Gasteiger partial charge is 0.258 e. The minimum atomic E-state index is -1.94. The molecule has 0 amide bonds. The number of aromatic nitrogens is 2. The zero-order valence-electron chi connectivity index (χ0n) is 27.7. The molecule has 0 bridgehead atoms. The molecule has 11 heteroatoms. The highest BCUT2D eigenvalue weighted by molar-refractivity contribution is 7.90. The molecular formula is C33H47ClN4O4SSi. The summed E-state index contributed by atoms with van der Waals surface area (Å²) in [6.07, 6.45) is 1.63. The number of fused-ring (bicyclic) bond motifs is 1. The topological polar surface area (TPSA) is 107 Å². The van der Waals surface area contributed by atoms with Gasteiger partial charge >= 0.3 is 0 Å². The second kappa shape index (κ2) is 13.9. The molecule has 0 radical (unpaired) electrons. The highest BCUT2D eigenvalue weighted by atomic mass is 35.5. The van der Waals surface area contributed by atoms with Gasteiger partial charge in [-0.3, -0.25) is 0 Å². The minimum Gasteiger partial charge on any atom is -0.597 e.